The van der Waals surface area contributed by atoms with Crippen molar-refractivity contribution in [3.05, 3.63) is 66.1 Å². The zero-order chi connectivity index (χ0) is 19.9. The third-order valence-corrected chi connectivity index (χ3v) is 5.83. The largest absolute Gasteiger partial charge is 0.357 e. The van der Waals surface area contributed by atoms with Crippen LogP contribution >= 0.6 is 24.0 Å². The van der Waals surface area contributed by atoms with Crippen LogP contribution in [0.4, 0.5) is 0 Å². The minimum atomic E-state index is 0. The fraction of sp³-hybridized carbons (Fsp3) is 0.435. The van der Waals surface area contributed by atoms with E-state index in [0.29, 0.717) is 0 Å². The molecule has 0 spiro atoms. The van der Waals surface area contributed by atoms with Crippen molar-refractivity contribution in [2.24, 2.45) is 4.99 Å². The van der Waals surface area contributed by atoms with Crippen LogP contribution in [0.25, 0.3) is 5.65 Å². The molecule has 2 aromatic heterocycles. The van der Waals surface area contributed by atoms with Crippen molar-refractivity contribution in [1.29, 1.82) is 0 Å². The van der Waals surface area contributed by atoms with E-state index in [1.54, 1.807) is 0 Å². The van der Waals surface area contributed by atoms with E-state index in [1.807, 2.05) is 24.4 Å². The van der Waals surface area contributed by atoms with Crippen molar-refractivity contribution in [3.63, 3.8) is 0 Å². The van der Waals surface area contributed by atoms with E-state index >= 15 is 0 Å². The number of aromatic nitrogens is 3. The zero-order valence-corrected chi connectivity index (χ0v) is 19.9. The van der Waals surface area contributed by atoms with Gasteiger partial charge in [-0.05, 0) is 43.9 Å². The van der Waals surface area contributed by atoms with Crippen LogP contribution in [0.2, 0.25) is 0 Å². The number of hydrogen-bond donors (Lipinski definition) is 2. The highest BCUT2D eigenvalue weighted by molar-refractivity contribution is 14.0. The fourth-order valence-corrected chi connectivity index (χ4v) is 4.02. The van der Waals surface area contributed by atoms with Gasteiger partial charge in [-0.2, -0.15) is 0 Å². The van der Waals surface area contributed by atoms with Crippen LogP contribution in [-0.4, -0.2) is 40.2 Å². The molecule has 1 aliphatic carbocycles. The van der Waals surface area contributed by atoms with Crippen LogP contribution in [0.5, 0.6) is 0 Å². The molecule has 7 heteroatoms. The molecular weight excluding hydrogens is 487 g/mol. The number of nitrogens with zero attached hydrogens (tertiary/aromatic N) is 4. The summed E-state index contributed by atoms with van der Waals surface area (Å²) in [6.07, 6.45) is 7.61. The molecule has 0 bridgehead atoms. The second kappa shape index (κ2) is 10.7. The first-order valence-electron chi connectivity index (χ1n) is 10.7. The minimum Gasteiger partial charge on any atom is -0.357 e. The van der Waals surface area contributed by atoms with Crippen molar-refractivity contribution in [3.8, 4) is 0 Å². The first-order valence-corrected chi connectivity index (χ1v) is 10.7. The van der Waals surface area contributed by atoms with Gasteiger partial charge in [0.15, 0.2) is 11.6 Å². The molecule has 6 nitrogen and oxygen atoms in total. The molecule has 30 heavy (non-hydrogen) atoms. The molecule has 0 radical (unpaired) electrons. The van der Waals surface area contributed by atoms with Gasteiger partial charge in [-0.3, -0.25) is 9.39 Å². The van der Waals surface area contributed by atoms with E-state index in [-0.39, 0.29) is 29.4 Å². The summed E-state index contributed by atoms with van der Waals surface area (Å²) in [5.41, 5.74) is 2.53. The van der Waals surface area contributed by atoms with E-state index < -0.39 is 0 Å². The van der Waals surface area contributed by atoms with Crippen LogP contribution in [0.3, 0.4) is 0 Å². The number of guanidine groups is 1. The molecule has 0 unspecified atom stereocenters. The van der Waals surface area contributed by atoms with E-state index in [4.69, 9.17) is 4.99 Å². The summed E-state index contributed by atoms with van der Waals surface area (Å²) in [6, 6.07) is 16.8. The second-order valence-electron chi connectivity index (χ2n) is 7.77. The Balaban J connectivity index is 0.00000256. The van der Waals surface area contributed by atoms with Crippen molar-refractivity contribution < 1.29 is 0 Å². The molecule has 0 aliphatic heterocycles. The third-order valence-electron chi connectivity index (χ3n) is 5.83. The Morgan fingerprint density at radius 3 is 2.60 bits per heavy atom. The van der Waals surface area contributed by atoms with Crippen LogP contribution in [0.1, 0.15) is 44.0 Å². The topological polar surface area (TPSA) is 66.6 Å². The quantitative estimate of drug-likeness (QED) is 0.205. The van der Waals surface area contributed by atoms with Gasteiger partial charge in [0, 0.05) is 31.1 Å². The Bertz CT molecular complexity index is 948. The molecule has 2 heterocycles. The van der Waals surface area contributed by atoms with Crippen LogP contribution in [0, 0.1) is 0 Å². The average molecular weight is 518 g/mol. The van der Waals surface area contributed by atoms with Gasteiger partial charge in [-0.25, -0.2) is 0 Å². The van der Waals surface area contributed by atoms with Crippen LogP contribution < -0.4 is 10.6 Å². The maximum absolute atomic E-state index is 4.93. The van der Waals surface area contributed by atoms with Gasteiger partial charge in [-0.1, -0.05) is 42.8 Å². The number of aliphatic imine (C=N–C) groups is 1. The third kappa shape index (κ3) is 5.11. The van der Waals surface area contributed by atoms with Gasteiger partial charge in [0.2, 0.25) is 0 Å². The van der Waals surface area contributed by atoms with Crippen molar-refractivity contribution in [1.82, 2.24) is 25.2 Å². The highest BCUT2D eigenvalue weighted by Crippen LogP contribution is 2.43. The maximum Gasteiger partial charge on any atom is 0.191 e. The zero-order valence-electron chi connectivity index (χ0n) is 17.6. The van der Waals surface area contributed by atoms with Crippen LogP contribution in [-0.2, 0) is 11.8 Å². The summed E-state index contributed by atoms with van der Waals surface area (Å²) in [6.45, 7) is 4.65. The Morgan fingerprint density at radius 2 is 1.87 bits per heavy atom. The number of halogens is 1. The SMILES string of the molecule is CCNC(=NCC1(c2ccccc2)CCC1)NCCCc1nnc2ccccn12.I. The number of aryl methyl sites for hydroxylation is 1. The van der Waals surface area contributed by atoms with Gasteiger partial charge in [0.05, 0.1) is 6.54 Å². The van der Waals surface area contributed by atoms with Crippen molar-refractivity contribution in [2.45, 2.75) is 44.4 Å². The van der Waals surface area contributed by atoms with E-state index in [2.05, 4.69) is 62.5 Å². The lowest BCUT2D eigenvalue weighted by Gasteiger charge is -2.41. The summed E-state index contributed by atoms with van der Waals surface area (Å²) in [4.78, 5) is 4.93. The normalized spacial score (nSPS) is 15.3. The molecule has 1 saturated carbocycles. The Kier molecular flexibility index (Phi) is 8.07. The Labute approximate surface area is 195 Å². The van der Waals surface area contributed by atoms with Gasteiger partial charge in [0.1, 0.15) is 5.82 Å². The highest BCUT2D eigenvalue weighted by Gasteiger charge is 2.38. The molecule has 2 N–H and O–H groups in total. The summed E-state index contributed by atoms with van der Waals surface area (Å²) >= 11 is 0. The van der Waals surface area contributed by atoms with Crippen LogP contribution in [0.15, 0.2) is 59.7 Å². The number of nitrogens with one attached hydrogen (secondary N) is 2. The lowest BCUT2D eigenvalue weighted by Crippen LogP contribution is -2.42. The molecule has 1 aliphatic rings. The van der Waals surface area contributed by atoms with Gasteiger partial charge >= 0.3 is 0 Å². The molecule has 3 aromatic rings. The van der Waals surface area contributed by atoms with Gasteiger partial charge in [-0.15, -0.1) is 34.2 Å². The van der Waals surface area contributed by atoms with E-state index in [9.17, 15) is 0 Å². The predicted molar refractivity (Wildman–Crippen MR) is 133 cm³/mol. The first kappa shape index (κ1) is 22.5. The molecule has 0 amide bonds. The van der Waals surface area contributed by atoms with E-state index in [1.165, 1.54) is 24.8 Å². The van der Waals surface area contributed by atoms with E-state index in [0.717, 1.165) is 49.9 Å². The highest BCUT2D eigenvalue weighted by atomic mass is 127. The standard InChI is InChI=1S/C23H30N6.HI/c1-2-24-22(26-18-23(14-9-15-23)19-10-4-3-5-11-19)25-16-8-13-21-28-27-20-12-6-7-17-29(20)21;/h3-7,10-12,17H,2,8-9,13-16,18H2,1H3,(H2,24,25,26);1H. The maximum atomic E-state index is 4.93. The van der Waals surface area contributed by atoms with Gasteiger partial charge < -0.3 is 10.6 Å². The predicted octanol–water partition coefficient (Wildman–Crippen LogP) is 3.96. The molecule has 0 atom stereocenters. The summed E-state index contributed by atoms with van der Waals surface area (Å²) < 4.78 is 2.06. The van der Waals surface area contributed by atoms with Gasteiger partial charge in [0.25, 0.3) is 0 Å². The number of pyridine rings is 1. The van der Waals surface area contributed by atoms with Crippen molar-refractivity contribution >= 4 is 35.6 Å². The summed E-state index contributed by atoms with van der Waals surface area (Å²) in [5, 5.41) is 15.4. The molecular formula is C23H31IN6. The Morgan fingerprint density at radius 1 is 1.07 bits per heavy atom. The lowest BCUT2D eigenvalue weighted by atomic mass is 9.64. The van der Waals surface area contributed by atoms with Crippen molar-refractivity contribution in [2.75, 3.05) is 19.6 Å². The molecule has 160 valence electrons. The smallest absolute Gasteiger partial charge is 0.191 e. The fourth-order valence-electron chi connectivity index (χ4n) is 4.02. The number of benzene rings is 1. The monoisotopic (exact) mass is 518 g/mol. The average Bonchev–Trinajstić information content (AvgIpc) is 3.14. The first-order chi connectivity index (χ1) is 14.3. The summed E-state index contributed by atoms with van der Waals surface area (Å²) in [5.74, 6) is 1.91. The number of hydrogen-bond acceptors (Lipinski definition) is 3. The number of fused-ring (bicyclic) bond motifs is 1. The summed E-state index contributed by atoms with van der Waals surface area (Å²) in [7, 11) is 0. The molecule has 0 saturated heterocycles. The second-order valence-corrected chi connectivity index (χ2v) is 7.77. The molecule has 4 rings (SSSR count). The Hall–Kier alpha value is -2.16. The lowest BCUT2D eigenvalue weighted by molar-refractivity contribution is 0.253. The number of rotatable bonds is 8. The molecule has 1 fully saturated rings. The minimum absolute atomic E-state index is 0. The molecule has 1 aromatic carbocycles.